The fraction of sp³-hybridized carbons (Fsp3) is 0.917. The first-order chi connectivity index (χ1) is 9.57. The molecule has 0 aromatic rings. The van der Waals surface area contributed by atoms with Crippen molar-refractivity contribution >= 4 is 15.7 Å². The lowest BCUT2D eigenvalue weighted by atomic mass is 10.2. The summed E-state index contributed by atoms with van der Waals surface area (Å²) in [5.41, 5.74) is 5.54. The normalized spacial score (nSPS) is 16.2. The summed E-state index contributed by atoms with van der Waals surface area (Å²) in [6.45, 7) is 2.19. The number of carbonyl (C=O) groups is 1. The number of carbonyl (C=O) groups excluding carboxylic acids is 1. The van der Waals surface area contributed by atoms with E-state index in [4.69, 9.17) is 15.3 Å². The van der Waals surface area contributed by atoms with Crippen LogP contribution in [-0.4, -0.2) is 40.5 Å². The maximum atomic E-state index is 12.0. The molecule has 0 heterocycles. The maximum Gasteiger partial charge on any atom is 0.389 e. The van der Waals surface area contributed by atoms with Gasteiger partial charge in [-0.25, -0.2) is 4.21 Å². The Morgan fingerprint density at radius 1 is 1.33 bits per heavy atom. The van der Waals surface area contributed by atoms with Gasteiger partial charge in [-0.1, -0.05) is 13.3 Å². The molecule has 21 heavy (non-hydrogen) atoms. The molecule has 5 nitrogen and oxygen atoms in total. The summed E-state index contributed by atoms with van der Waals surface area (Å²) < 4.78 is 60.0. The van der Waals surface area contributed by atoms with Crippen LogP contribution in [-0.2, 0) is 19.3 Å². The summed E-state index contributed by atoms with van der Waals surface area (Å²) in [6, 6.07) is -0.990. The van der Waals surface area contributed by atoms with Gasteiger partial charge in [-0.3, -0.25) is 9.57 Å². The fourth-order valence-electron chi connectivity index (χ4n) is 1.47. The summed E-state index contributed by atoms with van der Waals surface area (Å²) in [5, 5.41) is 0. The van der Waals surface area contributed by atoms with Gasteiger partial charge in [-0.15, -0.1) is 0 Å². The number of nitrogens with two attached hydrogens (primary N) is 1. The van der Waals surface area contributed by atoms with Crippen molar-refractivity contribution in [3.8, 4) is 0 Å². The van der Waals surface area contributed by atoms with E-state index in [-0.39, 0.29) is 31.0 Å². The predicted octanol–water partition coefficient (Wildman–Crippen LogP) is 2.44. The van der Waals surface area contributed by atoms with Crippen LogP contribution in [0.3, 0.4) is 0 Å². The van der Waals surface area contributed by atoms with Crippen LogP contribution in [0.5, 0.6) is 0 Å². The number of rotatable bonds is 10. The minimum atomic E-state index is -4.31. The van der Waals surface area contributed by atoms with Crippen LogP contribution in [0.1, 0.15) is 39.0 Å². The number of hydrogen-bond acceptors (Lipinski definition) is 5. The molecule has 0 bridgehead atoms. The SMILES string of the molecule is CCCCOC(=O)[C@@H](N)CC[S@@](=N)(=O)CCCC(F)(F)F. The van der Waals surface area contributed by atoms with Crippen molar-refractivity contribution in [2.45, 2.75) is 51.2 Å². The van der Waals surface area contributed by atoms with E-state index in [9.17, 15) is 22.2 Å². The molecule has 0 aromatic carbocycles. The Morgan fingerprint density at radius 2 is 1.95 bits per heavy atom. The first-order valence-electron chi connectivity index (χ1n) is 6.80. The number of unbranched alkanes of at least 4 members (excludes halogenated alkanes) is 1. The van der Waals surface area contributed by atoms with Crippen molar-refractivity contribution in [2.24, 2.45) is 5.73 Å². The van der Waals surface area contributed by atoms with Crippen molar-refractivity contribution in [1.29, 1.82) is 4.78 Å². The van der Waals surface area contributed by atoms with Gasteiger partial charge in [0.2, 0.25) is 0 Å². The molecule has 0 aliphatic rings. The lowest BCUT2D eigenvalue weighted by Crippen LogP contribution is -2.34. The number of halogens is 3. The first kappa shape index (κ1) is 20.2. The third kappa shape index (κ3) is 11.5. The van der Waals surface area contributed by atoms with Crippen LogP contribution in [0, 0.1) is 4.78 Å². The van der Waals surface area contributed by atoms with Crippen LogP contribution < -0.4 is 5.73 Å². The van der Waals surface area contributed by atoms with Crippen molar-refractivity contribution in [2.75, 3.05) is 18.1 Å². The second-order valence-electron chi connectivity index (χ2n) is 4.86. The zero-order valence-corrected chi connectivity index (χ0v) is 12.9. The summed E-state index contributed by atoms with van der Waals surface area (Å²) >= 11 is 0. The smallest absolute Gasteiger partial charge is 0.389 e. The molecule has 0 saturated heterocycles. The van der Waals surface area contributed by atoms with Crippen LogP contribution >= 0.6 is 0 Å². The molecule has 0 amide bonds. The van der Waals surface area contributed by atoms with E-state index in [1.807, 2.05) is 6.92 Å². The molecule has 126 valence electrons. The lowest BCUT2D eigenvalue weighted by Gasteiger charge is -2.13. The monoisotopic (exact) mass is 332 g/mol. The highest BCUT2D eigenvalue weighted by molar-refractivity contribution is 7.92. The largest absolute Gasteiger partial charge is 0.465 e. The highest BCUT2D eigenvalue weighted by atomic mass is 32.2. The van der Waals surface area contributed by atoms with Gasteiger partial charge in [0.1, 0.15) is 6.04 Å². The molecule has 0 unspecified atom stereocenters. The van der Waals surface area contributed by atoms with Gasteiger partial charge < -0.3 is 10.5 Å². The molecule has 0 radical (unpaired) electrons. The number of alkyl halides is 3. The molecule has 0 saturated carbocycles. The Bertz CT molecular complexity index is 410. The van der Waals surface area contributed by atoms with E-state index >= 15 is 0 Å². The molecule has 0 aliphatic heterocycles. The van der Waals surface area contributed by atoms with Gasteiger partial charge in [0.05, 0.1) is 6.61 Å². The highest BCUT2D eigenvalue weighted by Crippen LogP contribution is 2.21. The van der Waals surface area contributed by atoms with Gasteiger partial charge in [-0.2, -0.15) is 13.2 Å². The number of esters is 1. The van der Waals surface area contributed by atoms with E-state index in [0.717, 1.165) is 6.42 Å². The average Bonchev–Trinajstić information content (AvgIpc) is 2.34. The van der Waals surface area contributed by atoms with E-state index in [1.54, 1.807) is 0 Å². The molecule has 0 aromatic heterocycles. The van der Waals surface area contributed by atoms with Gasteiger partial charge in [0.15, 0.2) is 0 Å². The standard InChI is InChI=1S/C12H23F3N2O3S/c1-2-3-7-20-11(18)10(16)5-9-21(17,19)8-4-6-12(13,14)15/h10,17H,2-9,16H2,1H3/t10-,21-/m0/s1. The maximum absolute atomic E-state index is 12.0. The first-order valence-corrected chi connectivity index (χ1v) is 8.70. The zero-order chi connectivity index (χ0) is 16.5. The van der Waals surface area contributed by atoms with Gasteiger partial charge in [0, 0.05) is 27.7 Å². The minimum absolute atomic E-state index is 0.0285. The third-order valence-electron chi connectivity index (χ3n) is 2.74. The van der Waals surface area contributed by atoms with E-state index < -0.39 is 34.3 Å². The van der Waals surface area contributed by atoms with Crippen LogP contribution in [0.25, 0.3) is 0 Å². The molecule has 3 N–H and O–H groups in total. The van der Waals surface area contributed by atoms with E-state index in [0.29, 0.717) is 6.42 Å². The Kier molecular flexibility index (Phi) is 8.88. The summed E-state index contributed by atoms with van der Waals surface area (Å²) in [4.78, 5) is 11.4. The zero-order valence-electron chi connectivity index (χ0n) is 12.1. The Morgan fingerprint density at radius 3 is 2.48 bits per heavy atom. The Labute approximate surface area is 123 Å². The number of nitrogens with one attached hydrogen (secondary N) is 1. The molecule has 0 aliphatic carbocycles. The predicted molar refractivity (Wildman–Crippen MR) is 74.3 cm³/mol. The highest BCUT2D eigenvalue weighted by Gasteiger charge is 2.27. The van der Waals surface area contributed by atoms with Crippen LogP contribution in [0.4, 0.5) is 13.2 Å². The van der Waals surface area contributed by atoms with Crippen LogP contribution in [0.15, 0.2) is 0 Å². The van der Waals surface area contributed by atoms with Gasteiger partial charge >= 0.3 is 12.1 Å². The van der Waals surface area contributed by atoms with Crippen molar-refractivity contribution in [3.63, 3.8) is 0 Å². The molecule has 0 spiro atoms. The van der Waals surface area contributed by atoms with E-state index in [1.165, 1.54) is 0 Å². The molecule has 0 rings (SSSR count). The number of hydrogen-bond donors (Lipinski definition) is 2. The molecular formula is C12H23F3N2O3S. The molecule has 0 fully saturated rings. The summed E-state index contributed by atoms with van der Waals surface area (Å²) in [5.74, 6) is -1.17. The second kappa shape index (κ2) is 9.24. The topological polar surface area (TPSA) is 93.2 Å². The molecule has 9 heteroatoms. The summed E-state index contributed by atoms with van der Waals surface area (Å²) in [7, 11) is -3.15. The van der Waals surface area contributed by atoms with Crippen molar-refractivity contribution < 1.29 is 26.9 Å². The third-order valence-corrected chi connectivity index (χ3v) is 4.58. The van der Waals surface area contributed by atoms with Gasteiger partial charge in [0.25, 0.3) is 0 Å². The second-order valence-corrected chi connectivity index (χ2v) is 7.30. The van der Waals surface area contributed by atoms with Gasteiger partial charge in [-0.05, 0) is 19.3 Å². The van der Waals surface area contributed by atoms with Crippen molar-refractivity contribution in [1.82, 2.24) is 0 Å². The fourth-order valence-corrected chi connectivity index (χ4v) is 2.92. The Balaban J connectivity index is 4.04. The van der Waals surface area contributed by atoms with Crippen LogP contribution in [0.2, 0.25) is 0 Å². The lowest BCUT2D eigenvalue weighted by molar-refractivity contribution is -0.145. The quantitative estimate of drug-likeness (QED) is 0.474. The average molecular weight is 332 g/mol. The number of ether oxygens (including phenoxy) is 1. The minimum Gasteiger partial charge on any atom is -0.465 e. The Hall–Kier alpha value is -0.830. The summed E-state index contributed by atoms with van der Waals surface area (Å²) in [6.07, 6.45) is -4.18. The van der Waals surface area contributed by atoms with Crippen molar-refractivity contribution in [3.05, 3.63) is 0 Å². The molecule has 2 atom stereocenters. The molecular weight excluding hydrogens is 309 g/mol. The van der Waals surface area contributed by atoms with E-state index in [2.05, 4.69) is 0 Å².